The summed E-state index contributed by atoms with van der Waals surface area (Å²) < 4.78 is 5.23. The molecule has 1 heterocycles. The van der Waals surface area contributed by atoms with E-state index in [1.807, 2.05) is 4.90 Å². The molecule has 0 aliphatic carbocycles. The maximum Gasteiger partial charge on any atom is 0.275 e. The van der Waals surface area contributed by atoms with E-state index >= 15 is 0 Å². The molecule has 118 valence electrons. The molecular weight excluding hydrogens is 292 g/mol. The second-order valence-electron chi connectivity index (χ2n) is 4.79. The predicted octanol–water partition coefficient (Wildman–Crippen LogP) is 0.294. The molecule has 0 atom stereocenters. The van der Waals surface area contributed by atoms with E-state index in [1.165, 1.54) is 12.1 Å². The van der Waals surface area contributed by atoms with Gasteiger partial charge in [0.25, 0.3) is 11.6 Å². The van der Waals surface area contributed by atoms with Gasteiger partial charge < -0.3 is 9.64 Å². The van der Waals surface area contributed by atoms with Crippen molar-refractivity contribution in [3.8, 4) is 0 Å². The molecular formula is C13H16N4O5. The summed E-state index contributed by atoms with van der Waals surface area (Å²) >= 11 is 0. The van der Waals surface area contributed by atoms with Gasteiger partial charge in [-0.1, -0.05) is 0 Å². The molecule has 2 N–H and O–H groups in total. The number of carbonyl (C=O) groups is 2. The van der Waals surface area contributed by atoms with Gasteiger partial charge >= 0.3 is 0 Å². The van der Waals surface area contributed by atoms with E-state index in [9.17, 15) is 19.7 Å². The Morgan fingerprint density at radius 1 is 1.32 bits per heavy atom. The number of nitrogens with two attached hydrogens (primary N) is 1. The SMILES string of the molecule is CC(=O)N(N)C(=O)c1cc(N2CCOCC2)cc([N+](=O)[O-])c1. The minimum Gasteiger partial charge on any atom is -0.378 e. The van der Waals surface area contributed by atoms with E-state index in [2.05, 4.69) is 0 Å². The number of nitrogens with zero attached hydrogens (tertiary/aromatic N) is 3. The van der Waals surface area contributed by atoms with Gasteiger partial charge in [-0.3, -0.25) is 19.7 Å². The van der Waals surface area contributed by atoms with Crippen LogP contribution in [0.1, 0.15) is 17.3 Å². The standard InChI is InChI=1S/C13H16N4O5/c1-9(18)16(14)13(19)10-6-11(8-12(7-10)17(20)21)15-2-4-22-5-3-15/h6-8H,2-5,14H2,1H3. The summed E-state index contributed by atoms with van der Waals surface area (Å²) in [5, 5.41) is 11.5. The fraction of sp³-hybridized carbons (Fsp3) is 0.385. The van der Waals surface area contributed by atoms with Gasteiger partial charge in [0.2, 0.25) is 5.91 Å². The van der Waals surface area contributed by atoms with Gasteiger partial charge in [0.05, 0.1) is 23.7 Å². The van der Waals surface area contributed by atoms with Crippen LogP contribution in [0.25, 0.3) is 0 Å². The van der Waals surface area contributed by atoms with Crippen molar-refractivity contribution in [3.05, 3.63) is 33.9 Å². The fourth-order valence-electron chi connectivity index (χ4n) is 2.11. The summed E-state index contributed by atoms with van der Waals surface area (Å²) in [6.45, 7) is 3.27. The average molecular weight is 308 g/mol. The number of amides is 2. The zero-order valence-electron chi connectivity index (χ0n) is 12.0. The molecule has 2 rings (SSSR count). The van der Waals surface area contributed by atoms with Crippen molar-refractivity contribution in [3.63, 3.8) is 0 Å². The van der Waals surface area contributed by atoms with Crippen LogP contribution in [0.2, 0.25) is 0 Å². The summed E-state index contributed by atoms with van der Waals surface area (Å²) in [5.41, 5.74) is 0.287. The number of nitro benzene ring substituents is 1. The normalized spacial score (nSPS) is 14.5. The smallest absolute Gasteiger partial charge is 0.275 e. The van der Waals surface area contributed by atoms with Crippen molar-refractivity contribution in [2.45, 2.75) is 6.92 Å². The monoisotopic (exact) mass is 308 g/mol. The van der Waals surface area contributed by atoms with E-state index in [1.54, 1.807) is 0 Å². The molecule has 9 heteroatoms. The first-order valence-corrected chi connectivity index (χ1v) is 6.62. The van der Waals surface area contributed by atoms with E-state index in [0.717, 1.165) is 13.0 Å². The Kier molecular flexibility index (Phi) is 4.68. The van der Waals surface area contributed by atoms with E-state index in [4.69, 9.17) is 10.6 Å². The third kappa shape index (κ3) is 3.38. The molecule has 1 aromatic carbocycles. The first-order chi connectivity index (χ1) is 10.4. The molecule has 1 saturated heterocycles. The van der Waals surface area contributed by atoms with Crippen molar-refractivity contribution in [2.24, 2.45) is 5.84 Å². The Bertz CT molecular complexity index is 612. The molecule has 1 aromatic rings. The number of non-ortho nitro benzene ring substituents is 1. The molecule has 0 bridgehead atoms. The topological polar surface area (TPSA) is 119 Å². The minimum atomic E-state index is -0.786. The molecule has 9 nitrogen and oxygen atoms in total. The molecule has 0 aromatic heterocycles. The Balaban J connectivity index is 2.40. The lowest BCUT2D eigenvalue weighted by atomic mass is 10.1. The first-order valence-electron chi connectivity index (χ1n) is 6.62. The van der Waals surface area contributed by atoms with Gasteiger partial charge in [-0.15, -0.1) is 0 Å². The molecule has 2 amide bonds. The summed E-state index contributed by atoms with van der Waals surface area (Å²) in [6.07, 6.45) is 0. The summed E-state index contributed by atoms with van der Waals surface area (Å²) in [7, 11) is 0. The highest BCUT2D eigenvalue weighted by Gasteiger charge is 2.22. The van der Waals surface area contributed by atoms with Crippen LogP contribution in [0.15, 0.2) is 18.2 Å². The van der Waals surface area contributed by atoms with Crippen molar-refractivity contribution in [1.29, 1.82) is 0 Å². The first kappa shape index (κ1) is 15.9. The molecule has 0 radical (unpaired) electrons. The largest absolute Gasteiger partial charge is 0.378 e. The van der Waals surface area contributed by atoms with Gasteiger partial charge in [-0.05, 0) is 6.07 Å². The van der Waals surface area contributed by atoms with Crippen molar-refractivity contribution < 1.29 is 19.2 Å². The molecule has 1 aliphatic rings. The van der Waals surface area contributed by atoms with Crippen LogP contribution >= 0.6 is 0 Å². The molecule has 1 aliphatic heterocycles. The third-order valence-electron chi connectivity index (χ3n) is 3.29. The highest BCUT2D eigenvalue weighted by Crippen LogP contribution is 2.25. The van der Waals surface area contributed by atoms with Crippen LogP contribution in [0.5, 0.6) is 0 Å². The summed E-state index contributed by atoms with van der Waals surface area (Å²) in [4.78, 5) is 35.6. The van der Waals surface area contributed by atoms with E-state index in [-0.39, 0.29) is 11.3 Å². The van der Waals surface area contributed by atoms with Gasteiger partial charge in [0.15, 0.2) is 0 Å². The number of hydrogen-bond donors (Lipinski definition) is 1. The molecule has 22 heavy (non-hydrogen) atoms. The number of nitro groups is 1. The Hall–Kier alpha value is -2.52. The zero-order valence-corrected chi connectivity index (χ0v) is 12.0. The average Bonchev–Trinajstić information content (AvgIpc) is 2.53. The van der Waals surface area contributed by atoms with Gasteiger partial charge in [-0.2, -0.15) is 0 Å². The minimum absolute atomic E-state index is 0.00612. The number of carbonyl (C=O) groups excluding carboxylic acids is 2. The van der Waals surface area contributed by atoms with Crippen LogP contribution in [-0.4, -0.2) is 48.0 Å². The van der Waals surface area contributed by atoms with Crippen LogP contribution in [0, 0.1) is 10.1 Å². The quantitative estimate of drug-likeness (QED) is 0.369. The molecule has 0 unspecified atom stereocenters. The second kappa shape index (κ2) is 6.50. The lowest BCUT2D eigenvalue weighted by Gasteiger charge is -2.29. The fourth-order valence-corrected chi connectivity index (χ4v) is 2.11. The number of ether oxygens (including phenoxy) is 1. The maximum atomic E-state index is 12.1. The molecule has 0 spiro atoms. The van der Waals surface area contributed by atoms with Crippen LogP contribution in [0.3, 0.4) is 0 Å². The number of hydrazine groups is 1. The van der Waals surface area contributed by atoms with Crippen LogP contribution in [0.4, 0.5) is 11.4 Å². The Morgan fingerprint density at radius 2 is 1.95 bits per heavy atom. The highest BCUT2D eigenvalue weighted by atomic mass is 16.6. The van der Waals surface area contributed by atoms with Crippen molar-refractivity contribution in [1.82, 2.24) is 5.01 Å². The summed E-state index contributed by atoms with van der Waals surface area (Å²) in [5.74, 6) is 3.94. The van der Waals surface area contributed by atoms with Gasteiger partial charge in [0, 0.05) is 37.8 Å². The number of benzene rings is 1. The van der Waals surface area contributed by atoms with Crippen LogP contribution < -0.4 is 10.7 Å². The Morgan fingerprint density at radius 3 is 2.50 bits per heavy atom. The van der Waals surface area contributed by atoms with Crippen LogP contribution in [-0.2, 0) is 9.53 Å². The zero-order chi connectivity index (χ0) is 16.3. The summed E-state index contributed by atoms with van der Waals surface area (Å²) in [6, 6.07) is 3.98. The number of rotatable bonds is 3. The second-order valence-corrected chi connectivity index (χ2v) is 4.79. The number of anilines is 1. The highest BCUT2D eigenvalue weighted by molar-refractivity contribution is 6.04. The number of hydrogen-bond acceptors (Lipinski definition) is 7. The predicted molar refractivity (Wildman–Crippen MR) is 77.2 cm³/mol. The van der Waals surface area contributed by atoms with Crippen molar-refractivity contribution in [2.75, 3.05) is 31.2 Å². The van der Waals surface area contributed by atoms with Crippen molar-refractivity contribution >= 4 is 23.2 Å². The lowest BCUT2D eigenvalue weighted by Crippen LogP contribution is -2.41. The molecule has 0 saturated carbocycles. The maximum absolute atomic E-state index is 12.1. The lowest BCUT2D eigenvalue weighted by molar-refractivity contribution is -0.384. The Labute approximate surface area is 126 Å². The number of imide groups is 1. The van der Waals surface area contributed by atoms with E-state index in [0.29, 0.717) is 37.0 Å². The van der Waals surface area contributed by atoms with Gasteiger partial charge in [0.1, 0.15) is 0 Å². The number of morpholine rings is 1. The molecule has 1 fully saturated rings. The van der Waals surface area contributed by atoms with E-state index < -0.39 is 16.7 Å². The third-order valence-corrected chi connectivity index (χ3v) is 3.29. The van der Waals surface area contributed by atoms with Gasteiger partial charge in [-0.25, -0.2) is 10.9 Å².